The van der Waals surface area contributed by atoms with Crippen molar-refractivity contribution in [3.8, 4) is 11.5 Å². The van der Waals surface area contributed by atoms with Gasteiger partial charge in [0.05, 0.1) is 11.6 Å². The van der Waals surface area contributed by atoms with E-state index in [1.54, 1.807) is 12.1 Å². The zero-order valence-electron chi connectivity index (χ0n) is 13.6. The minimum Gasteiger partial charge on any atom is -0.503 e. The number of ether oxygens (including phenoxy) is 1. The van der Waals surface area contributed by atoms with Crippen LogP contribution in [0.4, 0.5) is 13.2 Å². The number of aromatic hydroxyl groups is 1. The van der Waals surface area contributed by atoms with E-state index in [0.29, 0.717) is 23.1 Å². The van der Waals surface area contributed by atoms with E-state index in [-0.39, 0.29) is 48.8 Å². The fraction of sp³-hybridized carbons (Fsp3) is 0.600. The van der Waals surface area contributed by atoms with Crippen molar-refractivity contribution < 1.29 is 23.0 Å². The largest absolute Gasteiger partial charge is 0.503 e. The Balaban J connectivity index is 0.00000288. The number of alkyl halides is 3. The van der Waals surface area contributed by atoms with Crippen LogP contribution >= 0.6 is 40.7 Å². The van der Waals surface area contributed by atoms with E-state index < -0.39 is 12.6 Å². The van der Waals surface area contributed by atoms with Gasteiger partial charge in [0.15, 0.2) is 11.5 Å². The highest BCUT2D eigenvalue weighted by Gasteiger charge is 2.31. The van der Waals surface area contributed by atoms with Crippen LogP contribution in [0.2, 0.25) is 0 Å². The van der Waals surface area contributed by atoms with Crippen LogP contribution < -0.4 is 10.1 Å². The summed E-state index contributed by atoms with van der Waals surface area (Å²) in [4.78, 5) is 2.04. The first-order valence-corrected chi connectivity index (χ1v) is 8.19. The minimum absolute atomic E-state index is 0. The van der Waals surface area contributed by atoms with Crippen molar-refractivity contribution in [1.82, 2.24) is 10.2 Å². The Kier molecular flexibility index (Phi) is 10.5. The second-order valence-electron chi connectivity index (χ2n) is 5.51. The van der Waals surface area contributed by atoms with Crippen LogP contribution in [0.15, 0.2) is 16.6 Å². The highest BCUT2D eigenvalue weighted by Crippen LogP contribution is 2.40. The maximum Gasteiger partial charge on any atom is 0.389 e. The molecule has 1 heterocycles. The van der Waals surface area contributed by atoms with Crippen LogP contribution in [0, 0.1) is 0 Å². The van der Waals surface area contributed by atoms with Gasteiger partial charge >= 0.3 is 6.18 Å². The molecule has 0 spiro atoms. The summed E-state index contributed by atoms with van der Waals surface area (Å²) in [5, 5.41) is 13.1. The Hall–Kier alpha value is -0.410. The molecule has 25 heavy (non-hydrogen) atoms. The quantitative estimate of drug-likeness (QED) is 0.674. The molecule has 1 fully saturated rings. The molecule has 10 heteroatoms. The first-order valence-electron chi connectivity index (χ1n) is 7.39. The lowest BCUT2D eigenvalue weighted by Crippen LogP contribution is -2.45. The third-order valence-electron chi connectivity index (χ3n) is 3.95. The van der Waals surface area contributed by atoms with Crippen LogP contribution in [0.25, 0.3) is 0 Å². The molecule has 0 aliphatic carbocycles. The Bertz CT molecular complexity index is 544. The van der Waals surface area contributed by atoms with Crippen molar-refractivity contribution >= 4 is 40.7 Å². The maximum atomic E-state index is 12.7. The van der Waals surface area contributed by atoms with Crippen LogP contribution in [-0.4, -0.2) is 49.5 Å². The lowest BCUT2D eigenvalue weighted by molar-refractivity contribution is -0.138. The predicted octanol–water partition coefficient (Wildman–Crippen LogP) is 4.30. The number of phenols is 1. The molecule has 0 bridgehead atoms. The van der Waals surface area contributed by atoms with Gasteiger partial charge in [0.2, 0.25) is 0 Å². The fourth-order valence-corrected chi connectivity index (χ4v) is 3.26. The monoisotopic (exact) mass is 468 g/mol. The van der Waals surface area contributed by atoms with Crippen molar-refractivity contribution in [2.75, 3.05) is 33.3 Å². The zero-order valence-corrected chi connectivity index (χ0v) is 16.8. The summed E-state index contributed by atoms with van der Waals surface area (Å²) < 4.78 is 43.6. The molecule has 1 aromatic carbocycles. The van der Waals surface area contributed by atoms with Crippen molar-refractivity contribution in [3.05, 3.63) is 22.2 Å². The number of hydrogen-bond acceptors (Lipinski definition) is 4. The summed E-state index contributed by atoms with van der Waals surface area (Å²) >= 11 is 3.24. The number of phenolic OH excluding ortho intramolecular Hbond substituents is 1. The van der Waals surface area contributed by atoms with E-state index in [0.717, 1.165) is 13.1 Å². The third kappa shape index (κ3) is 7.02. The summed E-state index contributed by atoms with van der Waals surface area (Å²) in [5.41, 5.74) is 0.706. The van der Waals surface area contributed by atoms with E-state index >= 15 is 0 Å². The van der Waals surface area contributed by atoms with Crippen molar-refractivity contribution in [1.29, 1.82) is 0 Å². The number of piperazine rings is 1. The van der Waals surface area contributed by atoms with Crippen LogP contribution in [-0.2, 0) is 0 Å². The van der Waals surface area contributed by atoms with Crippen LogP contribution in [0.1, 0.15) is 24.4 Å². The first-order chi connectivity index (χ1) is 10.8. The van der Waals surface area contributed by atoms with Crippen molar-refractivity contribution in [3.63, 3.8) is 0 Å². The van der Waals surface area contributed by atoms with Gasteiger partial charge in [0, 0.05) is 38.6 Å². The number of methoxy groups -OCH3 is 1. The number of benzene rings is 1. The minimum atomic E-state index is -4.19. The number of halogens is 6. The van der Waals surface area contributed by atoms with E-state index in [1.165, 1.54) is 7.11 Å². The fourth-order valence-electron chi connectivity index (χ4n) is 2.80. The summed E-state index contributed by atoms with van der Waals surface area (Å²) in [5.74, 6) is 0.202. The van der Waals surface area contributed by atoms with E-state index in [4.69, 9.17) is 4.74 Å². The molecule has 0 radical (unpaired) electrons. The molecule has 1 atom stereocenters. The van der Waals surface area contributed by atoms with Gasteiger partial charge < -0.3 is 15.2 Å². The van der Waals surface area contributed by atoms with Crippen LogP contribution in [0.5, 0.6) is 11.5 Å². The number of hydrogen-bond donors (Lipinski definition) is 2. The highest BCUT2D eigenvalue weighted by atomic mass is 79.9. The molecule has 1 aromatic rings. The SMILES string of the molecule is COc1cc([C@@H](CCC(F)(F)F)N2CCNCC2)cc(Br)c1O.Cl.Cl. The Morgan fingerprint density at radius 3 is 2.40 bits per heavy atom. The summed E-state index contributed by atoms with van der Waals surface area (Å²) in [6.45, 7) is 2.87. The van der Waals surface area contributed by atoms with Crippen LogP contribution in [0.3, 0.4) is 0 Å². The summed E-state index contributed by atoms with van der Waals surface area (Å²) in [6.07, 6.45) is -5.06. The van der Waals surface area contributed by atoms with Gasteiger partial charge in [0.1, 0.15) is 0 Å². The van der Waals surface area contributed by atoms with Gasteiger partial charge in [-0.1, -0.05) is 0 Å². The summed E-state index contributed by atoms with van der Waals surface area (Å²) in [6, 6.07) is 2.91. The first kappa shape index (κ1) is 24.6. The lowest BCUT2D eigenvalue weighted by atomic mass is 9.98. The van der Waals surface area contributed by atoms with Crippen molar-refractivity contribution in [2.24, 2.45) is 0 Å². The van der Waals surface area contributed by atoms with Gasteiger partial charge in [-0.25, -0.2) is 0 Å². The average molecular weight is 470 g/mol. The molecule has 0 amide bonds. The Morgan fingerprint density at radius 2 is 1.88 bits per heavy atom. The molecule has 0 unspecified atom stereocenters. The zero-order chi connectivity index (χ0) is 17.0. The lowest BCUT2D eigenvalue weighted by Gasteiger charge is -2.35. The molecule has 2 N–H and O–H groups in total. The predicted molar refractivity (Wildman–Crippen MR) is 99.3 cm³/mol. The molecular weight excluding hydrogens is 448 g/mol. The molecule has 0 saturated carbocycles. The standard InChI is InChI=1S/C15H20BrF3N2O2.2ClH/c1-23-13-9-10(8-11(16)14(13)22)12(2-3-15(17,18)19)21-6-4-20-5-7-21;;/h8-9,12,20,22H,2-7H2,1H3;2*1H/t12-;;/m1../s1. The average Bonchev–Trinajstić information content (AvgIpc) is 2.50. The topological polar surface area (TPSA) is 44.7 Å². The molecular formula is C15H22BrCl2F3N2O2. The molecule has 1 aliphatic rings. The third-order valence-corrected chi connectivity index (χ3v) is 4.55. The number of nitrogens with one attached hydrogen (secondary N) is 1. The van der Waals surface area contributed by atoms with Gasteiger partial charge in [-0.3, -0.25) is 4.90 Å². The molecule has 1 saturated heterocycles. The van der Waals surface area contributed by atoms with Gasteiger partial charge in [-0.15, -0.1) is 24.8 Å². The van der Waals surface area contributed by atoms with Crippen molar-refractivity contribution in [2.45, 2.75) is 25.1 Å². The smallest absolute Gasteiger partial charge is 0.389 e. The Labute approximate surface area is 166 Å². The van der Waals surface area contributed by atoms with E-state index in [9.17, 15) is 18.3 Å². The molecule has 4 nitrogen and oxygen atoms in total. The highest BCUT2D eigenvalue weighted by molar-refractivity contribution is 9.10. The number of nitrogens with zero attached hydrogens (tertiary/aromatic N) is 1. The maximum absolute atomic E-state index is 12.7. The Morgan fingerprint density at radius 1 is 1.28 bits per heavy atom. The second-order valence-corrected chi connectivity index (χ2v) is 6.36. The molecule has 2 rings (SSSR count). The molecule has 146 valence electrons. The van der Waals surface area contributed by atoms with E-state index in [1.807, 2.05) is 4.90 Å². The van der Waals surface area contributed by atoms with E-state index in [2.05, 4.69) is 21.2 Å². The summed E-state index contributed by atoms with van der Waals surface area (Å²) in [7, 11) is 1.42. The normalized spacial score (nSPS) is 16.5. The van der Waals surface area contributed by atoms with Gasteiger partial charge in [0.25, 0.3) is 0 Å². The molecule has 1 aliphatic heterocycles. The number of rotatable bonds is 5. The van der Waals surface area contributed by atoms with Gasteiger partial charge in [-0.2, -0.15) is 13.2 Å². The van der Waals surface area contributed by atoms with Gasteiger partial charge in [-0.05, 0) is 40.0 Å². The molecule has 0 aromatic heterocycles. The second kappa shape index (κ2) is 10.7.